The number of nitrogens with one attached hydrogen (secondary N) is 1. The van der Waals surface area contributed by atoms with Crippen LogP contribution in [0.1, 0.15) is 49.0 Å². The maximum atomic E-state index is 13.2. The minimum atomic E-state index is -3.93. The van der Waals surface area contributed by atoms with Gasteiger partial charge in [0.2, 0.25) is 11.8 Å². The van der Waals surface area contributed by atoms with Crippen LogP contribution in [0.5, 0.6) is 0 Å². The van der Waals surface area contributed by atoms with E-state index >= 15 is 0 Å². The number of likely N-dealkylation sites (N-methyl/N-ethyl adjacent to an activating group) is 1. The van der Waals surface area contributed by atoms with Gasteiger partial charge in [0, 0.05) is 31.1 Å². The molecule has 0 radical (unpaired) electrons. The van der Waals surface area contributed by atoms with Gasteiger partial charge in [0.25, 0.3) is 15.9 Å². The van der Waals surface area contributed by atoms with Crippen LogP contribution in [0.3, 0.4) is 0 Å². The Kier molecular flexibility index (Phi) is 8.33. The summed E-state index contributed by atoms with van der Waals surface area (Å²) >= 11 is 5.97. The smallest absolute Gasteiger partial charge is 0.269 e. The van der Waals surface area contributed by atoms with Gasteiger partial charge < -0.3 is 10.2 Å². The molecule has 2 aromatic carbocycles. The molecule has 1 N–H and O–H groups in total. The van der Waals surface area contributed by atoms with Crippen molar-refractivity contribution in [2.24, 2.45) is 0 Å². The highest BCUT2D eigenvalue weighted by molar-refractivity contribution is 7.90. The third-order valence-corrected chi connectivity index (χ3v) is 7.76. The lowest BCUT2D eigenvalue weighted by atomic mass is 10.1. The number of nitrogens with zero attached hydrogens (tertiary/aromatic N) is 2. The number of carbonyl (C=O) groups excluding carboxylic acids is 3. The molecule has 0 fully saturated rings. The van der Waals surface area contributed by atoms with E-state index in [0.717, 1.165) is 9.87 Å². The summed E-state index contributed by atoms with van der Waals surface area (Å²) in [4.78, 5) is 40.0. The Bertz CT molecular complexity index is 1170. The van der Waals surface area contributed by atoms with Gasteiger partial charge in [-0.1, -0.05) is 42.8 Å². The largest absolute Gasteiger partial charge is 0.355 e. The predicted molar refractivity (Wildman–Crippen MR) is 129 cm³/mol. The summed E-state index contributed by atoms with van der Waals surface area (Å²) in [5, 5.41) is 3.33. The topological polar surface area (TPSA) is 104 Å². The Hall–Kier alpha value is -2.91. The van der Waals surface area contributed by atoms with Gasteiger partial charge in [-0.3, -0.25) is 14.4 Å². The van der Waals surface area contributed by atoms with Gasteiger partial charge in [0.1, 0.15) is 10.9 Å². The fraction of sp³-hybridized carbons (Fsp3) is 0.375. The van der Waals surface area contributed by atoms with Crippen LogP contribution in [0.25, 0.3) is 0 Å². The Balaban J connectivity index is 1.73. The van der Waals surface area contributed by atoms with Crippen LogP contribution < -0.4 is 5.32 Å². The van der Waals surface area contributed by atoms with E-state index in [4.69, 9.17) is 11.6 Å². The zero-order valence-electron chi connectivity index (χ0n) is 19.2. The Morgan fingerprint density at radius 1 is 1.09 bits per heavy atom. The van der Waals surface area contributed by atoms with Crippen molar-refractivity contribution in [3.05, 3.63) is 64.7 Å². The normalized spacial score (nSPS) is 15.0. The van der Waals surface area contributed by atoms with Crippen LogP contribution in [-0.2, 0) is 26.2 Å². The molecule has 34 heavy (non-hydrogen) atoms. The molecule has 1 aliphatic rings. The van der Waals surface area contributed by atoms with Gasteiger partial charge in [0.05, 0.1) is 5.56 Å². The fourth-order valence-corrected chi connectivity index (χ4v) is 5.70. The molecule has 0 bridgehead atoms. The molecule has 0 aliphatic carbocycles. The minimum Gasteiger partial charge on any atom is -0.355 e. The molecule has 1 atom stereocenters. The molecule has 10 heteroatoms. The number of hydrogen-bond donors (Lipinski definition) is 1. The van der Waals surface area contributed by atoms with E-state index in [1.54, 1.807) is 36.4 Å². The lowest BCUT2D eigenvalue weighted by molar-refractivity contribution is -0.141. The number of fused-ring (bicyclic) bond motifs is 1. The molecular weight excluding hydrogens is 478 g/mol. The minimum absolute atomic E-state index is 0.0147. The summed E-state index contributed by atoms with van der Waals surface area (Å²) in [7, 11) is -3.93. The lowest BCUT2D eigenvalue weighted by Gasteiger charge is -2.31. The molecule has 0 aromatic heterocycles. The summed E-state index contributed by atoms with van der Waals surface area (Å²) in [6.07, 6.45) is 0.541. The summed E-state index contributed by atoms with van der Waals surface area (Å²) in [5.74, 6) is -1.13. The van der Waals surface area contributed by atoms with E-state index in [1.807, 2.05) is 13.8 Å². The van der Waals surface area contributed by atoms with Crippen molar-refractivity contribution in [1.82, 2.24) is 14.5 Å². The number of rotatable bonds is 10. The van der Waals surface area contributed by atoms with Crippen LogP contribution in [0.4, 0.5) is 0 Å². The predicted octanol–water partition coefficient (Wildman–Crippen LogP) is 3.21. The first kappa shape index (κ1) is 25.7. The van der Waals surface area contributed by atoms with Gasteiger partial charge in [-0.05, 0) is 49.6 Å². The summed E-state index contributed by atoms with van der Waals surface area (Å²) < 4.78 is 26.3. The Morgan fingerprint density at radius 3 is 2.38 bits per heavy atom. The van der Waals surface area contributed by atoms with Gasteiger partial charge in [0.15, 0.2) is 0 Å². The molecular formula is C24H28ClN3O5S. The molecule has 0 saturated carbocycles. The number of hydrogen-bond acceptors (Lipinski definition) is 5. The van der Waals surface area contributed by atoms with Crippen molar-refractivity contribution in [2.75, 3.05) is 13.1 Å². The van der Waals surface area contributed by atoms with Crippen molar-refractivity contribution in [1.29, 1.82) is 0 Å². The van der Waals surface area contributed by atoms with Crippen LogP contribution in [0.15, 0.2) is 53.4 Å². The lowest BCUT2D eigenvalue weighted by Crippen LogP contribution is -2.49. The third kappa shape index (κ3) is 5.42. The maximum absolute atomic E-state index is 13.2. The number of carbonyl (C=O) groups is 3. The average molecular weight is 506 g/mol. The van der Waals surface area contributed by atoms with Gasteiger partial charge in [-0.25, -0.2) is 12.7 Å². The third-order valence-electron chi connectivity index (χ3n) is 5.67. The van der Waals surface area contributed by atoms with Crippen LogP contribution >= 0.6 is 11.6 Å². The molecule has 3 rings (SSSR count). The van der Waals surface area contributed by atoms with E-state index in [-0.39, 0.29) is 48.2 Å². The van der Waals surface area contributed by atoms with Crippen molar-refractivity contribution < 1.29 is 22.8 Å². The first-order chi connectivity index (χ1) is 16.2. The maximum Gasteiger partial charge on any atom is 0.269 e. The van der Waals surface area contributed by atoms with Gasteiger partial charge in [-0.2, -0.15) is 0 Å². The first-order valence-corrected chi connectivity index (χ1v) is 13.0. The van der Waals surface area contributed by atoms with E-state index in [0.29, 0.717) is 18.0 Å². The molecule has 2 aromatic rings. The highest BCUT2D eigenvalue weighted by Gasteiger charge is 2.40. The van der Waals surface area contributed by atoms with E-state index in [9.17, 15) is 22.8 Å². The number of sulfonamides is 1. The zero-order chi connectivity index (χ0) is 24.9. The molecule has 182 valence electrons. The van der Waals surface area contributed by atoms with E-state index < -0.39 is 22.0 Å². The molecule has 0 unspecified atom stereocenters. The Labute approximate surface area is 204 Å². The van der Waals surface area contributed by atoms with Crippen molar-refractivity contribution in [3.8, 4) is 0 Å². The van der Waals surface area contributed by atoms with Crippen molar-refractivity contribution in [3.63, 3.8) is 0 Å². The highest BCUT2D eigenvalue weighted by Crippen LogP contribution is 2.30. The summed E-state index contributed by atoms with van der Waals surface area (Å²) in [6.45, 7) is 4.16. The first-order valence-electron chi connectivity index (χ1n) is 11.2. The SMILES string of the molecule is CCNC(=O)[C@@H](CC)N(Cc1ccc(Cl)cc1)C(=O)CCCN1C(=O)c2ccccc2S1(=O)=O. The summed E-state index contributed by atoms with van der Waals surface area (Å²) in [5.41, 5.74) is 0.953. The van der Waals surface area contributed by atoms with E-state index in [1.165, 1.54) is 17.0 Å². The molecule has 0 spiro atoms. The van der Waals surface area contributed by atoms with Crippen molar-refractivity contribution >= 4 is 39.3 Å². The average Bonchev–Trinajstić information content (AvgIpc) is 3.01. The quantitative estimate of drug-likeness (QED) is 0.534. The van der Waals surface area contributed by atoms with Gasteiger partial charge >= 0.3 is 0 Å². The summed E-state index contributed by atoms with van der Waals surface area (Å²) in [6, 6.07) is 12.4. The second kappa shape index (κ2) is 11.0. The Morgan fingerprint density at radius 2 is 1.76 bits per heavy atom. The number of benzene rings is 2. The second-order valence-corrected chi connectivity index (χ2v) is 10.2. The number of halogens is 1. The standard InChI is InChI=1S/C24H28ClN3O5S/c1-3-20(23(30)26-4-2)27(16-17-11-13-18(25)14-12-17)22(29)10-7-15-28-24(31)19-8-5-6-9-21(19)34(28,32)33/h5-6,8-9,11-14,20H,3-4,7,10,15-16H2,1-2H3,(H,26,30)/t20-/m1/s1. The second-order valence-electron chi connectivity index (χ2n) is 7.95. The van der Waals surface area contributed by atoms with Crippen molar-refractivity contribution in [2.45, 2.75) is 50.6 Å². The molecule has 1 aliphatic heterocycles. The molecule has 3 amide bonds. The fourth-order valence-electron chi connectivity index (χ4n) is 3.97. The monoisotopic (exact) mass is 505 g/mol. The highest BCUT2D eigenvalue weighted by atomic mass is 35.5. The van der Waals surface area contributed by atoms with Crippen LogP contribution in [-0.4, -0.2) is 54.5 Å². The van der Waals surface area contributed by atoms with E-state index in [2.05, 4.69) is 5.32 Å². The molecule has 8 nitrogen and oxygen atoms in total. The van der Waals surface area contributed by atoms with Gasteiger partial charge in [-0.15, -0.1) is 0 Å². The molecule has 1 heterocycles. The zero-order valence-corrected chi connectivity index (χ0v) is 20.7. The molecule has 0 saturated heterocycles. The number of amides is 3. The van der Waals surface area contributed by atoms with Crippen LogP contribution in [0, 0.1) is 0 Å². The van der Waals surface area contributed by atoms with Crippen LogP contribution in [0.2, 0.25) is 5.02 Å².